The van der Waals surface area contributed by atoms with E-state index >= 15 is 0 Å². The molecular weight excluding hydrogens is 252 g/mol. The molecule has 3 amide bonds. The van der Waals surface area contributed by atoms with Crippen LogP contribution in [0.15, 0.2) is 24.3 Å². The van der Waals surface area contributed by atoms with Gasteiger partial charge in [0.1, 0.15) is 0 Å². The quantitative estimate of drug-likeness (QED) is 0.805. The predicted molar refractivity (Wildman–Crippen MR) is 71.5 cm³/mol. The molecule has 18 heavy (non-hydrogen) atoms. The van der Waals surface area contributed by atoms with Gasteiger partial charge in [0.25, 0.3) is 0 Å². The van der Waals surface area contributed by atoms with Crippen LogP contribution in [0.1, 0.15) is 24.5 Å². The van der Waals surface area contributed by atoms with Gasteiger partial charge in [-0.05, 0) is 17.5 Å². The molecule has 1 aromatic rings. The molecular formula is C13H17ClN2O2. The molecule has 0 saturated carbocycles. The second-order valence-corrected chi connectivity index (χ2v) is 4.22. The molecule has 0 radical (unpaired) electrons. The number of rotatable bonds is 5. The molecule has 0 aliphatic carbocycles. The maximum atomic E-state index is 11.3. The van der Waals surface area contributed by atoms with Crippen LogP contribution < -0.4 is 10.6 Å². The van der Waals surface area contributed by atoms with Gasteiger partial charge in [-0.25, -0.2) is 4.79 Å². The fourth-order valence-electron chi connectivity index (χ4n) is 1.39. The predicted octanol–water partition coefficient (Wildman–Crippen LogP) is 2.20. The number of urea groups is 1. The van der Waals surface area contributed by atoms with Gasteiger partial charge < -0.3 is 5.32 Å². The van der Waals surface area contributed by atoms with Gasteiger partial charge in [-0.15, -0.1) is 11.6 Å². The molecule has 0 heterocycles. The minimum absolute atomic E-state index is 0.139. The third-order valence-corrected chi connectivity index (χ3v) is 2.65. The number of carbonyl (C=O) groups is 2. The normalized spacial score (nSPS) is 9.89. The first-order valence-electron chi connectivity index (χ1n) is 5.87. The lowest BCUT2D eigenvalue weighted by Gasteiger charge is -2.06. The van der Waals surface area contributed by atoms with Crippen molar-refractivity contribution in [1.82, 2.24) is 10.6 Å². The highest BCUT2D eigenvalue weighted by Crippen LogP contribution is 2.04. The van der Waals surface area contributed by atoms with Crippen molar-refractivity contribution in [2.75, 3.05) is 5.88 Å². The molecule has 1 rings (SSSR count). The molecule has 1 aromatic carbocycles. The third-order valence-electron chi connectivity index (χ3n) is 2.46. The van der Waals surface area contributed by atoms with Gasteiger partial charge >= 0.3 is 6.03 Å². The van der Waals surface area contributed by atoms with Gasteiger partial charge in [0, 0.05) is 18.8 Å². The van der Waals surface area contributed by atoms with Crippen LogP contribution in [0, 0.1) is 0 Å². The lowest BCUT2D eigenvalue weighted by molar-refractivity contribution is -0.119. The molecule has 0 aliphatic rings. The Labute approximate surface area is 112 Å². The van der Waals surface area contributed by atoms with Crippen LogP contribution >= 0.6 is 11.6 Å². The maximum Gasteiger partial charge on any atom is 0.321 e. The van der Waals surface area contributed by atoms with Crippen LogP contribution in [-0.4, -0.2) is 17.8 Å². The average Bonchev–Trinajstić information content (AvgIpc) is 2.37. The molecule has 98 valence electrons. The zero-order valence-electron chi connectivity index (χ0n) is 10.3. The number of carbonyl (C=O) groups excluding carboxylic acids is 2. The van der Waals surface area contributed by atoms with Gasteiger partial charge in [0.15, 0.2) is 0 Å². The molecule has 0 unspecified atom stereocenters. The number of halogens is 1. The van der Waals surface area contributed by atoms with Crippen molar-refractivity contribution in [2.24, 2.45) is 0 Å². The van der Waals surface area contributed by atoms with E-state index in [0.717, 1.165) is 12.0 Å². The standard InChI is InChI=1S/C13H17ClN2O2/c1-2-10-3-5-11(6-4-10)9-15-13(18)16-12(17)7-8-14/h3-6H,2,7-9H2,1H3,(H2,15,16,17,18). The summed E-state index contributed by atoms with van der Waals surface area (Å²) < 4.78 is 0. The van der Waals surface area contributed by atoms with Crippen molar-refractivity contribution < 1.29 is 9.59 Å². The van der Waals surface area contributed by atoms with Crippen molar-refractivity contribution in [3.63, 3.8) is 0 Å². The lowest BCUT2D eigenvalue weighted by Crippen LogP contribution is -2.39. The zero-order valence-corrected chi connectivity index (χ0v) is 11.1. The summed E-state index contributed by atoms with van der Waals surface area (Å²) in [6, 6.07) is 7.46. The molecule has 0 aromatic heterocycles. The van der Waals surface area contributed by atoms with Crippen molar-refractivity contribution in [3.8, 4) is 0 Å². The molecule has 0 aliphatic heterocycles. The Kier molecular flexibility index (Phi) is 6.22. The molecule has 4 nitrogen and oxygen atoms in total. The van der Waals surface area contributed by atoms with Crippen molar-refractivity contribution in [2.45, 2.75) is 26.3 Å². The molecule has 0 atom stereocenters. The average molecular weight is 269 g/mol. The van der Waals surface area contributed by atoms with E-state index in [4.69, 9.17) is 11.6 Å². The summed E-state index contributed by atoms with van der Waals surface area (Å²) in [6.07, 6.45) is 1.13. The first kappa shape index (κ1) is 14.5. The summed E-state index contributed by atoms with van der Waals surface area (Å²) in [5.41, 5.74) is 2.24. The van der Waals surface area contributed by atoms with Crippen LogP contribution in [0.5, 0.6) is 0 Å². The number of amides is 3. The Hall–Kier alpha value is -1.55. The summed E-state index contributed by atoms with van der Waals surface area (Å²) in [5, 5.41) is 4.81. The zero-order chi connectivity index (χ0) is 13.4. The largest absolute Gasteiger partial charge is 0.334 e. The lowest BCUT2D eigenvalue weighted by atomic mass is 10.1. The van der Waals surface area contributed by atoms with Crippen LogP contribution in [0.2, 0.25) is 0 Å². The molecule has 0 fully saturated rings. The first-order chi connectivity index (χ1) is 8.65. The van der Waals surface area contributed by atoms with E-state index in [9.17, 15) is 9.59 Å². The second-order valence-electron chi connectivity index (χ2n) is 3.84. The summed E-state index contributed by atoms with van der Waals surface area (Å²) >= 11 is 5.39. The fourth-order valence-corrected chi connectivity index (χ4v) is 1.57. The highest BCUT2D eigenvalue weighted by Gasteiger charge is 2.06. The third kappa shape index (κ3) is 5.19. The second kappa shape index (κ2) is 7.71. The smallest absolute Gasteiger partial charge is 0.321 e. The van der Waals surface area contributed by atoms with Crippen LogP contribution in [0.25, 0.3) is 0 Å². The molecule has 0 spiro atoms. The summed E-state index contributed by atoms with van der Waals surface area (Å²) in [5.74, 6) is -0.166. The minimum atomic E-state index is -0.496. The number of alkyl halides is 1. The highest BCUT2D eigenvalue weighted by molar-refractivity contribution is 6.19. The number of aryl methyl sites for hydroxylation is 1. The van der Waals surface area contributed by atoms with Gasteiger partial charge in [-0.3, -0.25) is 10.1 Å². The van der Waals surface area contributed by atoms with Gasteiger partial charge in [0.2, 0.25) is 5.91 Å². The Morgan fingerprint density at radius 3 is 2.33 bits per heavy atom. The summed E-state index contributed by atoms with van der Waals surface area (Å²) in [4.78, 5) is 22.4. The fraction of sp³-hybridized carbons (Fsp3) is 0.385. The van der Waals surface area contributed by atoms with Gasteiger partial charge in [-0.2, -0.15) is 0 Å². The molecule has 5 heteroatoms. The Morgan fingerprint density at radius 1 is 1.17 bits per heavy atom. The number of benzene rings is 1. The van der Waals surface area contributed by atoms with E-state index in [2.05, 4.69) is 17.6 Å². The van der Waals surface area contributed by atoms with E-state index in [1.807, 2.05) is 24.3 Å². The number of nitrogens with one attached hydrogen (secondary N) is 2. The summed E-state index contributed by atoms with van der Waals surface area (Å²) in [7, 11) is 0. The van der Waals surface area contributed by atoms with Gasteiger partial charge in [-0.1, -0.05) is 31.2 Å². The van der Waals surface area contributed by atoms with Crippen molar-refractivity contribution in [3.05, 3.63) is 35.4 Å². The summed E-state index contributed by atoms with van der Waals surface area (Å²) in [6.45, 7) is 2.48. The topological polar surface area (TPSA) is 58.2 Å². The van der Waals surface area contributed by atoms with E-state index < -0.39 is 6.03 Å². The highest BCUT2D eigenvalue weighted by atomic mass is 35.5. The van der Waals surface area contributed by atoms with Crippen molar-refractivity contribution in [1.29, 1.82) is 0 Å². The van der Waals surface area contributed by atoms with E-state index in [1.54, 1.807) is 0 Å². The Bertz CT molecular complexity index is 404. The van der Waals surface area contributed by atoms with Crippen LogP contribution in [-0.2, 0) is 17.8 Å². The van der Waals surface area contributed by atoms with Gasteiger partial charge in [0.05, 0.1) is 0 Å². The SMILES string of the molecule is CCc1ccc(CNC(=O)NC(=O)CCCl)cc1. The Balaban J connectivity index is 2.35. The molecule has 2 N–H and O–H groups in total. The van der Waals surface area contributed by atoms with E-state index in [0.29, 0.717) is 6.54 Å². The number of hydrogen-bond acceptors (Lipinski definition) is 2. The monoisotopic (exact) mass is 268 g/mol. The Morgan fingerprint density at radius 2 is 1.78 bits per heavy atom. The minimum Gasteiger partial charge on any atom is -0.334 e. The van der Waals surface area contributed by atoms with E-state index in [1.165, 1.54) is 5.56 Å². The molecule has 0 bridgehead atoms. The van der Waals surface area contributed by atoms with Crippen LogP contribution in [0.3, 0.4) is 0 Å². The number of imide groups is 1. The van der Waals surface area contributed by atoms with E-state index in [-0.39, 0.29) is 18.2 Å². The molecule has 0 saturated heterocycles. The number of hydrogen-bond donors (Lipinski definition) is 2. The van der Waals surface area contributed by atoms with Crippen LogP contribution in [0.4, 0.5) is 4.79 Å². The first-order valence-corrected chi connectivity index (χ1v) is 6.40. The maximum absolute atomic E-state index is 11.3. The van der Waals surface area contributed by atoms with Crippen molar-refractivity contribution >= 4 is 23.5 Å².